The van der Waals surface area contributed by atoms with Crippen LogP contribution >= 0.6 is 0 Å². The predicted molar refractivity (Wildman–Crippen MR) is 107 cm³/mol. The highest BCUT2D eigenvalue weighted by molar-refractivity contribution is 5.87. The first kappa shape index (κ1) is 19.1. The first-order chi connectivity index (χ1) is 13.9. The molecule has 4 aromatic rings. The van der Waals surface area contributed by atoms with Gasteiger partial charge >= 0.3 is 5.69 Å². The Labute approximate surface area is 166 Å². The molecule has 8 heteroatoms. The number of aromatic amines is 2. The summed E-state index contributed by atoms with van der Waals surface area (Å²) >= 11 is 0. The van der Waals surface area contributed by atoms with Crippen molar-refractivity contribution < 1.29 is 14.7 Å². The molecule has 0 aliphatic rings. The SMILES string of the molecule is CCC(O)C(O)(c1ccccn1)c1cc(-c2c(C)noc2C)cc2[nH]c(=O)[nH]c12. The lowest BCUT2D eigenvalue weighted by molar-refractivity contribution is -0.0528. The minimum Gasteiger partial charge on any atom is -0.389 e. The molecule has 0 bridgehead atoms. The first-order valence-corrected chi connectivity index (χ1v) is 9.38. The van der Waals surface area contributed by atoms with E-state index in [0.29, 0.717) is 33.6 Å². The van der Waals surface area contributed by atoms with Gasteiger partial charge in [0.1, 0.15) is 5.76 Å². The van der Waals surface area contributed by atoms with Crippen molar-refractivity contribution in [3.63, 3.8) is 0 Å². The number of aliphatic hydroxyl groups is 2. The molecular formula is C21H22N4O4. The van der Waals surface area contributed by atoms with E-state index in [0.717, 1.165) is 5.56 Å². The summed E-state index contributed by atoms with van der Waals surface area (Å²) in [5.41, 5.74) is 1.45. The van der Waals surface area contributed by atoms with Crippen molar-refractivity contribution in [2.45, 2.75) is 38.9 Å². The van der Waals surface area contributed by atoms with Gasteiger partial charge in [0.15, 0.2) is 5.60 Å². The Morgan fingerprint density at radius 2 is 2.03 bits per heavy atom. The van der Waals surface area contributed by atoms with Gasteiger partial charge in [-0.05, 0) is 50.1 Å². The number of pyridine rings is 1. The second-order valence-electron chi connectivity index (χ2n) is 7.13. The Balaban J connectivity index is 2.09. The fraction of sp³-hybridized carbons (Fsp3) is 0.286. The maximum atomic E-state index is 12.1. The van der Waals surface area contributed by atoms with Crippen molar-refractivity contribution in [1.82, 2.24) is 20.1 Å². The second kappa shape index (κ2) is 6.98. The molecule has 4 rings (SSSR count). The Hall–Kier alpha value is -3.23. The van der Waals surface area contributed by atoms with Crippen LogP contribution in [0.1, 0.15) is 36.1 Å². The number of benzene rings is 1. The number of aliphatic hydroxyl groups excluding tert-OH is 1. The molecule has 4 N–H and O–H groups in total. The Morgan fingerprint density at radius 3 is 2.66 bits per heavy atom. The van der Waals surface area contributed by atoms with Gasteiger partial charge in [0, 0.05) is 17.3 Å². The summed E-state index contributed by atoms with van der Waals surface area (Å²) in [7, 11) is 0. The molecule has 8 nitrogen and oxygen atoms in total. The quantitative estimate of drug-likeness (QED) is 0.412. The zero-order valence-electron chi connectivity index (χ0n) is 16.4. The van der Waals surface area contributed by atoms with Crippen LogP contribution < -0.4 is 5.69 Å². The fourth-order valence-electron chi connectivity index (χ4n) is 3.85. The van der Waals surface area contributed by atoms with E-state index in [1.165, 1.54) is 0 Å². The van der Waals surface area contributed by atoms with E-state index >= 15 is 0 Å². The zero-order chi connectivity index (χ0) is 20.8. The summed E-state index contributed by atoms with van der Waals surface area (Å²) in [6, 6.07) is 8.66. The number of hydrogen-bond acceptors (Lipinski definition) is 6. The number of hydrogen-bond donors (Lipinski definition) is 4. The van der Waals surface area contributed by atoms with E-state index in [-0.39, 0.29) is 12.1 Å². The van der Waals surface area contributed by atoms with Gasteiger partial charge in [-0.15, -0.1) is 0 Å². The topological polar surface area (TPSA) is 128 Å². The molecule has 3 aromatic heterocycles. The number of rotatable bonds is 5. The minimum atomic E-state index is -1.84. The number of fused-ring (bicyclic) bond motifs is 1. The molecule has 0 fully saturated rings. The highest BCUT2D eigenvalue weighted by atomic mass is 16.5. The van der Waals surface area contributed by atoms with Gasteiger partial charge in [0.05, 0.1) is 28.5 Å². The van der Waals surface area contributed by atoms with Gasteiger partial charge < -0.3 is 24.7 Å². The summed E-state index contributed by atoms with van der Waals surface area (Å²) in [5, 5.41) is 26.7. The van der Waals surface area contributed by atoms with Crippen molar-refractivity contribution in [1.29, 1.82) is 0 Å². The minimum absolute atomic E-state index is 0.277. The first-order valence-electron chi connectivity index (χ1n) is 9.38. The summed E-state index contributed by atoms with van der Waals surface area (Å²) in [6.45, 7) is 5.39. The molecule has 0 spiro atoms. The number of nitrogens with one attached hydrogen (secondary N) is 2. The molecule has 3 heterocycles. The van der Waals surface area contributed by atoms with Crippen molar-refractivity contribution in [2.75, 3.05) is 0 Å². The van der Waals surface area contributed by atoms with E-state index < -0.39 is 17.4 Å². The van der Waals surface area contributed by atoms with E-state index in [2.05, 4.69) is 20.1 Å². The standard InChI is InChI=1S/C21H22N4O4/c1-4-17(26)21(28,16-7-5-6-8-22-16)14-9-13(18-11(2)25-29-12(18)3)10-15-19(14)24-20(27)23-15/h5-10,17,26,28H,4H2,1-3H3,(H2,23,24,27). The summed E-state index contributed by atoms with van der Waals surface area (Å²) in [6.07, 6.45) is 0.676. The largest absolute Gasteiger partial charge is 0.389 e. The average molecular weight is 394 g/mol. The molecule has 0 radical (unpaired) electrons. The Kier molecular flexibility index (Phi) is 4.60. The molecule has 0 saturated heterocycles. The number of aryl methyl sites for hydroxylation is 2. The lowest BCUT2D eigenvalue weighted by Crippen LogP contribution is -2.41. The summed E-state index contributed by atoms with van der Waals surface area (Å²) < 4.78 is 5.29. The summed E-state index contributed by atoms with van der Waals surface area (Å²) in [5.74, 6) is 0.614. The Bertz CT molecular complexity index is 1210. The van der Waals surface area contributed by atoms with Gasteiger partial charge in [-0.2, -0.15) is 0 Å². The second-order valence-corrected chi connectivity index (χ2v) is 7.13. The van der Waals surface area contributed by atoms with Gasteiger partial charge in [-0.3, -0.25) is 4.98 Å². The maximum Gasteiger partial charge on any atom is 0.323 e. The van der Waals surface area contributed by atoms with Crippen LogP contribution in [0.4, 0.5) is 0 Å². The van der Waals surface area contributed by atoms with Gasteiger partial charge in [0.2, 0.25) is 0 Å². The third-order valence-electron chi connectivity index (χ3n) is 5.28. The normalized spacial score (nSPS) is 14.8. The third kappa shape index (κ3) is 2.97. The molecular weight excluding hydrogens is 372 g/mol. The number of imidazole rings is 1. The lowest BCUT2D eigenvalue weighted by atomic mass is 9.81. The molecule has 29 heavy (non-hydrogen) atoms. The van der Waals surface area contributed by atoms with Crippen LogP contribution in [0.15, 0.2) is 45.8 Å². The molecule has 2 atom stereocenters. The van der Waals surface area contributed by atoms with E-state index in [4.69, 9.17) is 4.52 Å². The highest BCUT2D eigenvalue weighted by Crippen LogP contribution is 2.39. The van der Waals surface area contributed by atoms with Crippen molar-refractivity contribution in [2.24, 2.45) is 0 Å². The van der Waals surface area contributed by atoms with Gasteiger partial charge in [0.25, 0.3) is 0 Å². The third-order valence-corrected chi connectivity index (χ3v) is 5.28. The van der Waals surface area contributed by atoms with Crippen molar-refractivity contribution in [3.8, 4) is 11.1 Å². The van der Waals surface area contributed by atoms with E-state index in [1.54, 1.807) is 50.4 Å². The highest BCUT2D eigenvalue weighted by Gasteiger charge is 2.42. The molecule has 0 aliphatic carbocycles. The van der Waals surface area contributed by atoms with Crippen LogP contribution in [-0.4, -0.2) is 36.4 Å². The average Bonchev–Trinajstić information content (AvgIpc) is 3.27. The van der Waals surface area contributed by atoms with Crippen LogP contribution in [0.5, 0.6) is 0 Å². The van der Waals surface area contributed by atoms with Crippen LogP contribution in [0.25, 0.3) is 22.2 Å². The van der Waals surface area contributed by atoms with E-state index in [9.17, 15) is 15.0 Å². The Morgan fingerprint density at radius 1 is 1.24 bits per heavy atom. The molecule has 0 aliphatic heterocycles. The molecule has 0 amide bonds. The van der Waals surface area contributed by atoms with Gasteiger partial charge in [-0.25, -0.2) is 4.79 Å². The lowest BCUT2D eigenvalue weighted by Gasteiger charge is -2.33. The van der Waals surface area contributed by atoms with E-state index in [1.807, 2.05) is 6.92 Å². The van der Waals surface area contributed by atoms with Gasteiger partial charge in [-0.1, -0.05) is 18.1 Å². The molecule has 0 saturated carbocycles. The summed E-state index contributed by atoms with van der Waals surface area (Å²) in [4.78, 5) is 21.8. The zero-order valence-corrected chi connectivity index (χ0v) is 16.4. The van der Waals surface area contributed by atoms with Crippen LogP contribution in [0.2, 0.25) is 0 Å². The fourth-order valence-corrected chi connectivity index (χ4v) is 3.85. The monoisotopic (exact) mass is 394 g/mol. The molecule has 1 aromatic carbocycles. The molecule has 2 unspecified atom stereocenters. The molecule has 150 valence electrons. The predicted octanol–water partition coefficient (Wildman–Crippen LogP) is 2.53. The maximum absolute atomic E-state index is 12.1. The van der Waals surface area contributed by atoms with Crippen LogP contribution in [0, 0.1) is 13.8 Å². The number of aromatic nitrogens is 4. The van der Waals surface area contributed by atoms with Crippen LogP contribution in [-0.2, 0) is 5.60 Å². The van der Waals surface area contributed by atoms with Crippen molar-refractivity contribution >= 4 is 11.0 Å². The van der Waals surface area contributed by atoms with Crippen LogP contribution in [0.3, 0.4) is 0 Å². The van der Waals surface area contributed by atoms with Crippen molar-refractivity contribution in [3.05, 3.63) is 69.7 Å². The number of H-pyrrole nitrogens is 2. The number of nitrogens with zero attached hydrogens (tertiary/aromatic N) is 2. The smallest absolute Gasteiger partial charge is 0.323 e.